The number of hydrogen-bond donors (Lipinski definition) is 3. The fraction of sp³-hybridized carbons (Fsp3) is 0.238. The fourth-order valence-electron chi connectivity index (χ4n) is 3.79. The number of primary amides is 1. The minimum Gasteiger partial charge on any atom is -0.351 e. The number of likely N-dealkylation sites (tertiary alicyclic amines) is 1. The fourth-order valence-corrected chi connectivity index (χ4v) is 3.79. The molecule has 0 spiro atoms. The van der Waals surface area contributed by atoms with Gasteiger partial charge in [-0.2, -0.15) is 0 Å². The summed E-state index contributed by atoms with van der Waals surface area (Å²) >= 11 is 0. The Hall–Kier alpha value is -3.95. The molecular formula is C21H21FN6O3. The molecule has 1 fully saturated rings. The molecule has 1 saturated heterocycles. The van der Waals surface area contributed by atoms with Crippen molar-refractivity contribution in [1.29, 1.82) is 0 Å². The van der Waals surface area contributed by atoms with Gasteiger partial charge in [0.25, 0.3) is 0 Å². The van der Waals surface area contributed by atoms with E-state index in [2.05, 4.69) is 15.6 Å². The van der Waals surface area contributed by atoms with Crippen LogP contribution in [-0.2, 0) is 11.3 Å². The van der Waals surface area contributed by atoms with Crippen LogP contribution in [0.4, 0.5) is 19.7 Å². The standard InChI is InChI=1S/C21H21FN6O3/c22-14-8-13(9-24-11-14)10-25-19(29)18-6-3-7-27(18)21(31)26-16-12-28(20(23)30)17-5-2-1-4-15(16)17/h1-2,4-5,8-9,11-12,18H,3,6-7,10H2,(H2,23,30)(H,25,29)(H,26,31)/t18-/m0/s1. The van der Waals surface area contributed by atoms with Crippen LogP contribution in [0.3, 0.4) is 0 Å². The molecule has 3 heterocycles. The normalized spacial score (nSPS) is 15.8. The zero-order valence-electron chi connectivity index (χ0n) is 16.5. The van der Waals surface area contributed by atoms with Crippen LogP contribution in [0, 0.1) is 5.82 Å². The second-order valence-electron chi connectivity index (χ2n) is 7.28. The number of pyridine rings is 1. The molecular weight excluding hydrogens is 403 g/mol. The lowest BCUT2D eigenvalue weighted by Crippen LogP contribution is -2.47. The number of nitrogens with one attached hydrogen (secondary N) is 2. The summed E-state index contributed by atoms with van der Waals surface area (Å²) in [6.07, 6.45) is 5.22. The average molecular weight is 424 g/mol. The third-order valence-electron chi connectivity index (χ3n) is 5.24. The van der Waals surface area contributed by atoms with Gasteiger partial charge in [-0.1, -0.05) is 18.2 Å². The monoisotopic (exact) mass is 424 g/mol. The molecule has 0 unspecified atom stereocenters. The minimum absolute atomic E-state index is 0.113. The number of amides is 4. The average Bonchev–Trinajstić information content (AvgIpc) is 3.38. The zero-order chi connectivity index (χ0) is 22.0. The third-order valence-corrected chi connectivity index (χ3v) is 5.24. The first kappa shape index (κ1) is 20.3. The van der Waals surface area contributed by atoms with E-state index in [0.29, 0.717) is 41.5 Å². The SMILES string of the molecule is NC(=O)n1cc(NC(=O)N2CCC[C@H]2C(=O)NCc2cncc(F)c2)c2ccccc21. The smallest absolute Gasteiger partial charge is 0.323 e. The van der Waals surface area contributed by atoms with E-state index in [0.717, 1.165) is 6.20 Å². The van der Waals surface area contributed by atoms with E-state index >= 15 is 0 Å². The van der Waals surface area contributed by atoms with Crippen molar-refractivity contribution in [3.63, 3.8) is 0 Å². The molecule has 0 radical (unpaired) electrons. The molecule has 4 rings (SSSR count). The van der Waals surface area contributed by atoms with Crippen LogP contribution in [0.5, 0.6) is 0 Å². The van der Waals surface area contributed by atoms with Crippen molar-refractivity contribution in [3.8, 4) is 0 Å². The van der Waals surface area contributed by atoms with Crippen molar-refractivity contribution in [2.75, 3.05) is 11.9 Å². The summed E-state index contributed by atoms with van der Waals surface area (Å²) in [4.78, 5) is 42.5. The summed E-state index contributed by atoms with van der Waals surface area (Å²) in [7, 11) is 0. The number of nitrogens with two attached hydrogens (primary N) is 1. The predicted octanol–water partition coefficient (Wildman–Crippen LogP) is 2.41. The Bertz CT molecular complexity index is 1160. The van der Waals surface area contributed by atoms with E-state index in [1.807, 2.05) is 0 Å². The van der Waals surface area contributed by atoms with E-state index in [1.165, 1.54) is 27.9 Å². The summed E-state index contributed by atoms with van der Waals surface area (Å²) in [5.74, 6) is -0.805. The number of rotatable bonds is 4. The molecule has 1 aliphatic heterocycles. The number of carbonyl (C=O) groups excluding carboxylic acids is 3. The van der Waals surface area contributed by atoms with Crippen LogP contribution in [0.15, 0.2) is 48.9 Å². The maximum atomic E-state index is 13.3. The third kappa shape index (κ3) is 4.18. The van der Waals surface area contributed by atoms with E-state index < -0.39 is 23.9 Å². The van der Waals surface area contributed by atoms with Gasteiger partial charge in [-0.05, 0) is 30.5 Å². The highest BCUT2D eigenvalue weighted by molar-refractivity contribution is 6.05. The first-order chi connectivity index (χ1) is 14.9. The zero-order valence-corrected chi connectivity index (χ0v) is 16.5. The van der Waals surface area contributed by atoms with Crippen molar-refractivity contribution >= 4 is 34.6 Å². The molecule has 1 aromatic carbocycles. The Morgan fingerprint density at radius 2 is 2.03 bits per heavy atom. The highest BCUT2D eigenvalue weighted by atomic mass is 19.1. The van der Waals surface area contributed by atoms with Gasteiger partial charge in [0.05, 0.1) is 17.4 Å². The van der Waals surface area contributed by atoms with Crippen LogP contribution in [0.1, 0.15) is 18.4 Å². The summed E-state index contributed by atoms with van der Waals surface area (Å²) in [6.45, 7) is 0.529. The van der Waals surface area contributed by atoms with Gasteiger partial charge in [0.15, 0.2) is 0 Å². The van der Waals surface area contributed by atoms with Crippen LogP contribution >= 0.6 is 0 Å². The lowest BCUT2D eigenvalue weighted by molar-refractivity contribution is -0.124. The van der Waals surface area contributed by atoms with Crippen molar-refractivity contribution < 1.29 is 18.8 Å². The van der Waals surface area contributed by atoms with Crippen LogP contribution < -0.4 is 16.4 Å². The quantitative estimate of drug-likeness (QED) is 0.595. The van der Waals surface area contributed by atoms with Gasteiger partial charge in [-0.3, -0.25) is 14.3 Å². The largest absolute Gasteiger partial charge is 0.351 e. The Kier molecular flexibility index (Phi) is 5.52. The van der Waals surface area contributed by atoms with Crippen molar-refractivity contribution in [1.82, 2.24) is 19.8 Å². The van der Waals surface area contributed by atoms with E-state index in [9.17, 15) is 18.8 Å². The molecule has 2 aromatic heterocycles. The Labute approximate surface area is 177 Å². The van der Waals surface area contributed by atoms with E-state index in [1.54, 1.807) is 24.3 Å². The molecule has 0 aliphatic carbocycles. The summed E-state index contributed by atoms with van der Waals surface area (Å²) < 4.78 is 14.5. The number of carbonyl (C=O) groups is 3. The number of anilines is 1. The molecule has 1 aliphatic rings. The van der Waals surface area contributed by atoms with Gasteiger partial charge in [0.2, 0.25) is 5.91 Å². The Morgan fingerprint density at radius 3 is 2.81 bits per heavy atom. The van der Waals surface area contributed by atoms with Gasteiger partial charge in [0, 0.05) is 30.9 Å². The summed E-state index contributed by atoms with van der Waals surface area (Å²) in [5, 5.41) is 6.18. The number of halogens is 1. The van der Waals surface area contributed by atoms with E-state index in [4.69, 9.17) is 5.73 Å². The molecule has 10 heteroatoms. The summed E-state index contributed by atoms with van der Waals surface area (Å²) in [6, 6.07) is 6.58. The van der Waals surface area contributed by atoms with Crippen molar-refractivity contribution in [2.24, 2.45) is 5.73 Å². The van der Waals surface area contributed by atoms with Gasteiger partial charge in [-0.15, -0.1) is 0 Å². The molecule has 3 aromatic rings. The highest BCUT2D eigenvalue weighted by Gasteiger charge is 2.34. The summed E-state index contributed by atoms with van der Waals surface area (Å²) in [5.41, 5.74) is 6.95. The number of aromatic nitrogens is 2. The number of para-hydroxylation sites is 1. The molecule has 0 saturated carbocycles. The Balaban J connectivity index is 1.46. The lowest BCUT2D eigenvalue weighted by atomic mass is 10.2. The molecule has 1 atom stereocenters. The minimum atomic E-state index is -0.665. The molecule has 31 heavy (non-hydrogen) atoms. The first-order valence-corrected chi connectivity index (χ1v) is 9.78. The molecule has 9 nitrogen and oxygen atoms in total. The lowest BCUT2D eigenvalue weighted by Gasteiger charge is -2.24. The van der Waals surface area contributed by atoms with Crippen LogP contribution in [-0.4, -0.2) is 45.0 Å². The topological polar surface area (TPSA) is 122 Å². The molecule has 0 bridgehead atoms. The maximum absolute atomic E-state index is 13.3. The first-order valence-electron chi connectivity index (χ1n) is 9.78. The molecule has 4 N–H and O–H groups in total. The number of hydrogen-bond acceptors (Lipinski definition) is 4. The van der Waals surface area contributed by atoms with Crippen LogP contribution in [0.2, 0.25) is 0 Å². The van der Waals surface area contributed by atoms with Gasteiger partial charge >= 0.3 is 12.1 Å². The number of fused-ring (bicyclic) bond motifs is 1. The predicted molar refractivity (Wildman–Crippen MR) is 112 cm³/mol. The van der Waals surface area contributed by atoms with E-state index in [-0.39, 0.29) is 12.5 Å². The number of urea groups is 1. The highest BCUT2D eigenvalue weighted by Crippen LogP contribution is 2.27. The second kappa shape index (κ2) is 8.42. The van der Waals surface area contributed by atoms with Crippen LogP contribution in [0.25, 0.3) is 10.9 Å². The Morgan fingerprint density at radius 1 is 1.23 bits per heavy atom. The molecule has 160 valence electrons. The molecule has 4 amide bonds. The van der Waals surface area contributed by atoms with Gasteiger partial charge in [-0.25, -0.2) is 14.0 Å². The van der Waals surface area contributed by atoms with Crippen molar-refractivity contribution in [3.05, 3.63) is 60.3 Å². The number of benzene rings is 1. The maximum Gasteiger partial charge on any atom is 0.323 e. The van der Waals surface area contributed by atoms with Crippen molar-refractivity contribution in [2.45, 2.75) is 25.4 Å². The second-order valence-corrected chi connectivity index (χ2v) is 7.28. The van der Waals surface area contributed by atoms with Gasteiger partial charge in [0.1, 0.15) is 11.9 Å². The number of nitrogens with zero attached hydrogens (tertiary/aromatic N) is 3. The van der Waals surface area contributed by atoms with Gasteiger partial charge < -0.3 is 21.3 Å².